The van der Waals surface area contributed by atoms with Gasteiger partial charge in [0, 0.05) is 12.6 Å². The van der Waals surface area contributed by atoms with E-state index in [0.717, 1.165) is 6.42 Å². The SMILES string of the molecule is Cc1ccc([C@H](Cc2ccccc2)NC[C@H](C)O)cc1. The molecule has 0 radical (unpaired) electrons. The quantitative estimate of drug-likeness (QED) is 0.843. The highest BCUT2D eigenvalue weighted by Crippen LogP contribution is 2.19. The van der Waals surface area contributed by atoms with Crippen molar-refractivity contribution in [3.05, 3.63) is 71.3 Å². The summed E-state index contributed by atoms with van der Waals surface area (Å²) < 4.78 is 0. The van der Waals surface area contributed by atoms with E-state index in [1.54, 1.807) is 0 Å². The molecule has 2 heteroatoms. The van der Waals surface area contributed by atoms with E-state index in [-0.39, 0.29) is 12.1 Å². The van der Waals surface area contributed by atoms with Crippen molar-refractivity contribution in [2.45, 2.75) is 32.4 Å². The Balaban J connectivity index is 2.13. The summed E-state index contributed by atoms with van der Waals surface area (Å²) in [6, 6.07) is 19.3. The number of hydrogen-bond donors (Lipinski definition) is 2. The zero-order valence-corrected chi connectivity index (χ0v) is 12.2. The number of aliphatic hydroxyl groups is 1. The van der Waals surface area contributed by atoms with Crippen LogP contribution in [-0.2, 0) is 6.42 Å². The minimum atomic E-state index is -0.335. The van der Waals surface area contributed by atoms with Gasteiger partial charge < -0.3 is 10.4 Å². The third-order valence-corrected chi connectivity index (χ3v) is 3.42. The molecule has 2 aromatic rings. The zero-order chi connectivity index (χ0) is 14.4. The van der Waals surface area contributed by atoms with Crippen LogP contribution in [-0.4, -0.2) is 17.8 Å². The summed E-state index contributed by atoms with van der Waals surface area (Å²) in [6.45, 7) is 4.51. The average molecular weight is 269 g/mol. The second kappa shape index (κ2) is 7.22. The van der Waals surface area contributed by atoms with Crippen molar-refractivity contribution in [1.82, 2.24) is 5.32 Å². The first-order valence-corrected chi connectivity index (χ1v) is 7.17. The predicted molar refractivity (Wildman–Crippen MR) is 83.7 cm³/mol. The van der Waals surface area contributed by atoms with Crippen molar-refractivity contribution in [1.29, 1.82) is 0 Å². The maximum Gasteiger partial charge on any atom is 0.0636 e. The minimum absolute atomic E-state index is 0.229. The third-order valence-electron chi connectivity index (χ3n) is 3.42. The van der Waals surface area contributed by atoms with Gasteiger partial charge in [-0.3, -0.25) is 0 Å². The van der Waals surface area contributed by atoms with E-state index in [2.05, 4.69) is 60.8 Å². The lowest BCUT2D eigenvalue weighted by atomic mass is 9.98. The molecule has 2 N–H and O–H groups in total. The number of nitrogens with one attached hydrogen (secondary N) is 1. The Morgan fingerprint density at radius 1 is 1.00 bits per heavy atom. The van der Waals surface area contributed by atoms with Gasteiger partial charge in [0.05, 0.1) is 6.10 Å². The van der Waals surface area contributed by atoms with Gasteiger partial charge in [-0.1, -0.05) is 60.2 Å². The summed E-state index contributed by atoms with van der Waals surface area (Å²) in [5.74, 6) is 0. The van der Waals surface area contributed by atoms with Crippen LogP contribution in [0, 0.1) is 6.92 Å². The van der Waals surface area contributed by atoms with Gasteiger partial charge in [0.1, 0.15) is 0 Å². The summed E-state index contributed by atoms with van der Waals surface area (Å²) in [6.07, 6.45) is 0.593. The Morgan fingerprint density at radius 3 is 2.25 bits per heavy atom. The molecule has 0 fully saturated rings. The second-order valence-electron chi connectivity index (χ2n) is 5.41. The summed E-state index contributed by atoms with van der Waals surface area (Å²) in [4.78, 5) is 0. The fourth-order valence-electron chi connectivity index (χ4n) is 2.27. The molecule has 0 aliphatic carbocycles. The van der Waals surface area contributed by atoms with Gasteiger partial charge in [0.25, 0.3) is 0 Å². The fourth-order valence-corrected chi connectivity index (χ4v) is 2.27. The molecule has 2 nitrogen and oxygen atoms in total. The van der Waals surface area contributed by atoms with Crippen LogP contribution in [0.25, 0.3) is 0 Å². The number of aryl methyl sites for hydroxylation is 1. The molecule has 0 saturated carbocycles. The molecule has 106 valence electrons. The highest BCUT2D eigenvalue weighted by Gasteiger charge is 2.12. The van der Waals surface area contributed by atoms with E-state index in [1.165, 1.54) is 16.7 Å². The first-order chi connectivity index (χ1) is 9.65. The predicted octanol–water partition coefficient (Wildman–Crippen LogP) is 3.25. The number of aliphatic hydroxyl groups excluding tert-OH is 1. The van der Waals surface area contributed by atoms with E-state index >= 15 is 0 Å². The van der Waals surface area contributed by atoms with Crippen LogP contribution in [0.15, 0.2) is 54.6 Å². The Kier molecular flexibility index (Phi) is 5.33. The molecule has 0 aromatic heterocycles. The first-order valence-electron chi connectivity index (χ1n) is 7.17. The highest BCUT2D eigenvalue weighted by atomic mass is 16.3. The van der Waals surface area contributed by atoms with E-state index in [1.807, 2.05) is 13.0 Å². The normalized spacial score (nSPS) is 13.9. The maximum absolute atomic E-state index is 9.50. The Bertz CT molecular complexity index is 505. The van der Waals surface area contributed by atoms with Crippen molar-refractivity contribution >= 4 is 0 Å². The largest absolute Gasteiger partial charge is 0.392 e. The lowest BCUT2D eigenvalue weighted by Crippen LogP contribution is -2.30. The minimum Gasteiger partial charge on any atom is -0.392 e. The van der Waals surface area contributed by atoms with Gasteiger partial charge in [-0.05, 0) is 31.4 Å². The van der Waals surface area contributed by atoms with Crippen LogP contribution in [0.3, 0.4) is 0 Å². The van der Waals surface area contributed by atoms with Crippen LogP contribution < -0.4 is 5.32 Å². The molecular weight excluding hydrogens is 246 g/mol. The first kappa shape index (κ1) is 14.8. The van der Waals surface area contributed by atoms with Crippen LogP contribution in [0.1, 0.15) is 29.7 Å². The van der Waals surface area contributed by atoms with Gasteiger partial charge in [-0.2, -0.15) is 0 Å². The van der Waals surface area contributed by atoms with Crippen molar-refractivity contribution < 1.29 is 5.11 Å². The highest BCUT2D eigenvalue weighted by molar-refractivity contribution is 5.26. The van der Waals surface area contributed by atoms with E-state index in [4.69, 9.17) is 0 Å². The fraction of sp³-hybridized carbons (Fsp3) is 0.333. The second-order valence-corrected chi connectivity index (χ2v) is 5.41. The third kappa shape index (κ3) is 4.48. The lowest BCUT2D eigenvalue weighted by Gasteiger charge is -2.20. The molecule has 0 aliphatic rings. The van der Waals surface area contributed by atoms with Crippen molar-refractivity contribution in [2.75, 3.05) is 6.54 Å². The average Bonchev–Trinajstić information content (AvgIpc) is 2.45. The number of hydrogen-bond acceptors (Lipinski definition) is 2. The van der Waals surface area contributed by atoms with Crippen LogP contribution in [0.4, 0.5) is 0 Å². The molecule has 2 aromatic carbocycles. The summed E-state index contributed by atoms with van der Waals surface area (Å²) in [5.41, 5.74) is 3.83. The molecule has 0 unspecified atom stereocenters. The van der Waals surface area contributed by atoms with E-state index < -0.39 is 0 Å². The van der Waals surface area contributed by atoms with Gasteiger partial charge in [0.2, 0.25) is 0 Å². The Labute approximate surface area is 121 Å². The smallest absolute Gasteiger partial charge is 0.0636 e. The topological polar surface area (TPSA) is 32.3 Å². The van der Waals surface area contributed by atoms with E-state index in [0.29, 0.717) is 6.54 Å². The summed E-state index contributed by atoms with van der Waals surface area (Å²) in [7, 11) is 0. The lowest BCUT2D eigenvalue weighted by molar-refractivity contribution is 0.186. The molecular formula is C18H23NO. The molecule has 0 aliphatic heterocycles. The van der Waals surface area contributed by atoms with Crippen molar-refractivity contribution in [2.24, 2.45) is 0 Å². The van der Waals surface area contributed by atoms with Gasteiger partial charge in [0.15, 0.2) is 0 Å². The standard InChI is InChI=1S/C18H23NO/c1-14-8-10-17(11-9-14)18(19-13-15(2)20)12-16-6-4-3-5-7-16/h3-11,15,18-20H,12-13H2,1-2H3/t15-,18-/m0/s1. The van der Waals surface area contributed by atoms with Gasteiger partial charge >= 0.3 is 0 Å². The zero-order valence-electron chi connectivity index (χ0n) is 12.2. The molecule has 0 bridgehead atoms. The molecule has 0 saturated heterocycles. The van der Waals surface area contributed by atoms with Crippen molar-refractivity contribution in [3.8, 4) is 0 Å². The molecule has 0 spiro atoms. The number of benzene rings is 2. The molecule has 2 rings (SSSR count). The maximum atomic E-state index is 9.50. The van der Waals surface area contributed by atoms with Crippen molar-refractivity contribution in [3.63, 3.8) is 0 Å². The summed E-state index contributed by atoms with van der Waals surface area (Å²) in [5, 5.41) is 12.9. The van der Waals surface area contributed by atoms with Crippen LogP contribution in [0.5, 0.6) is 0 Å². The Hall–Kier alpha value is -1.64. The van der Waals surface area contributed by atoms with Gasteiger partial charge in [-0.15, -0.1) is 0 Å². The Morgan fingerprint density at radius 2 is 1.65 bits per heavy atom. The van der Waals surface area contributed by atoms with Gasteiger partial charge in [-0.25, -0.2) is 0 Å². The van der Waals surface area contributed by atoms with E-state index in [9.17, 15) is 5.11 Å². The molecule has 0 heterocycles. The monoisotopic (exact) mass is 269 g/mol. The number of rotatable bonds is 6. The molecule has 2 atom stereocenters. The molecule has 0 amide bonds. The molecule has 20 heavy (non-hydrogen) atoms. The summed E-state index contributed by atoms with van der Waals surface area (Å²) >= 11 is 0. The van der Waals surface area contributed by atoms with Crippen LogP contribution in [0.2, 0.25) is 0 Å². The van der Waals surface area contributed by atoms with Crippen LogP contribution >= 0.6 is 0 Å².